The van der Waals surface area contributed by atoms with Crippen molar-refractivity contribution in [1.29, 1.82) is 0 Å². The predicted octanol–water partition coefficient (Wildman–Crippen LogP) is 2.54. The molecule has 0 aliphatic carbocycles. The number of carbonyl (C=O) groups excluding carboxylic acids is 1. The lowest BCUT2D eigenvalue weighted by molar-refractivity contribution is -0.117. The molecule has 2 aliphatic heterocycles. The van der Waals surface area contributed by atoms with E-state index in [1.54, 1.807) is 29.0 Å². The van der Waals surface area contributed by atoms with Gasteiger partial charge in [-0.25, -0.2) is 18.7 Å². The molecular weight excluding hydrogens is 352 g/mol. The molecule has 6 nitrogen and oxygen atoms in total. The van der Waals surface area contributed by atoms with Crippen LogP contribution in [0, 0.1) is 5.82 Å². The highest BCUT2D eigenvalue weighted by atomic mass is 19.1. The second kappa shape index (κ2) is 7.09. The SMILES string of the molecule is CN1CC(=O)N(c2cccc(F)c2)Cc2c1ncnc2N1CCC(F)CC1. The zero-order chi connectivity index (χ0) is 19.0. The second-order valence-corrected chi connectivity index (χ2v) is 6.98. The number of likely N-dealkylation sites (N-methyl/N-ethyl adjacent to an activating group) is 1. The lowest BCUT2D eigenvalue weighted by Crippen LogP contribution is -2.37. The van der Waals surface area contributed by atoms with Gasteiger partial charge >= 0.3 is 0 Å². The van der Waals surface area contributed by atoms with E-state index in [-0.39, 0.29) is 19.0 Å². The molecule has 0 N–H and O–H groups in total. The van der Waals surface area contributed by atoms with Crippen molar-refractivity contribution in [3.8, 4) is 0 Å². The Labute approximate surface area is 156 Å². The molecule has 142 valence electrons. The number of nitrogens with zero attached hydrogens (tertiary/aromatic N) is 5. The number of aromatic nitrogens is 2. The number of alkyl halides is 1. The van der Waals surface area contributed by atoms with Crippen LogP contribution in [0.15, 0.2) is 30.6 Å². The van der Waals surface area contributed by atoms with Crippen LogP contribution in [0.25, 0.3) is 0 Å². The molecule has 1 aromatic heterocycles. The number of fused-ring (bicyclic) bond motifs is 1. The van der Waals surface area contributed by atoms with Crippen molar-refractivity contribution in [2.45, 2.75) is 25.6 Å². The van der Waals surface area contributed by atoms with E-state index >= 15 is 0 Å². The van der Waals surface area contributed by atoms with E-state index in [4.69, 9.17) is 0 Å². The van der Waals surface area contributed by atoms with E-state index in [0.29, 0.717) is 37.4 Å². The van der Waals surface area contributed by atoms with E-state index < -0.39 is 12.0 Å². The highest BCUT2D eigenvalue weighted by Crippen LogP contribution is 2.33. The summed E-state index contributed by atoms with van der Waals surface area (Å²) in [5.74, 6) is 0.853. The number of carbonyl (C=O) groups is 1. The van der Waals surface area contributed by atoms with E-state index in [1.807, 2.05) is 4.90 Å². The van der Waals surface area contributed by atoms with Crippen molar-refractivity contribution in [2.75, 3.05) is 41.4 Å². The van der Waals surface area contributed by atoms with Crippen molar-refractivity contribution in [3.63, 3.8) is 0 Å². The molecule has 1 amide bonds. The maximum Gasteiger partial charge on any atom is 0.246 e. The number of benzene rings is 1. The van der Waals surface area contributed by atoms with Gasteiger partial charge in [0.2, 0.25) is 5.91 Å². The van der Waals surface area contributed by atoms with Gasteiger partial charge in [0.05, 0.1) is 18.7 Å². The van der Waals surface area contributed by atoms with Crippen LogP contribution in [0.1, 0.15) is 18.4 Å². The van der Waals surface area contributed by atoms with Gasteiger partial charge in [-0.2, -0.15) is 0 Å². The maximum atomic E-state index is 13.7. The van der Waals surface area contributed by atoms with E-state index in [0.717, 1.165) is 11.4 Å². The van der Waals surface area contributed by atoms with Crippen LogP contribution >= 0.6 is 0 Å². The van der Waals surface area contributed by atoms with Gasteiger partial charge in [-0.1, -0.05) is 6.07 Å². The standard InChI is InChI=1S/C19H21F2N5O/c1-24-11-17(27)26(15-4-2-3-14(21)9-15)10-16-18(24)22-12-23-19(16)25-7-5-13(20)6-8-25/h2-4,9,12-13H,5-8,10-11H2,1H3. The third kappa shape index (κ3) is 3.43. The summed E-state index contributed by atoms with van der Waals surface area (Å²) in [6.07, 6.45) is 1.62. The molecule has 2 aliphatic rings. The summed E-state index contributed by atoms with van der Waals surface area (Å²) in [7, 11) is 1.80. The van der Waals surface area contributed by atoms with Gasteiger partial charge in [0.15, 0.2) is 0 Å². The minimum atomic E-state index is -0.783. The van der Waals surface area contributed by atoms with Gasteiger partial charge in [-0.3, -0.25) is 4.79 Å². The van der Waals surface area contributed by atoms with Crippen molar-refractivity contribution < 1.29 is 13.6 Å². The molecule has 0 saturated carbocycles. The summed E-state index contributed by atoms with van der Waals surface area (Å²) in [6.45, 7) is 1.52. The number of anilines is 3. The third-order valence-corrected chi connectivity index (χ3v) is 5.10. The van der Waals surface area contributed by atoms with Gasteiger partial charge < -0.3 is 14.7 Å². The Morgan fingerprint density at radius 3 is 2.59 bits per heavy atom. The summed E-state index contributed by atoms with van der Waals surface area (Å²) in [4.78, 5) is 27.0. The number of hydrogen-bond donors (Lipinski definition) is 0. The minimum absolute atomic E-state index is 0.131. The summed E-state index contributed by atoms with van der Waals surface area (Å²) in [5.41, 5.74) is 1.30. The average Bonchev–Trinajstić information content (AvgIpc) is 2.78. The largest absolute Gasteiger partial charge is 0.356 e. The second-order valence-electron chi connectivity index (χ2n) is 6.98. The number of hydrogen-bond acceptors (Lipinski definition) is 5. The van der Waals surface area contributed by atoms with E-state index in [1.165, 1.54) is 18.5 Å². The first-order valence-corrected chi connectivity index (χ1v) is 9.03. The summed E-state index contributed by atoms with van der Waals surface area (Å²) >= 11 is 0. The van der Waals surface area contributed by atoms with Crippen LogP contribution < -0.4 is 14.7 Å². The molecule has 0 bridgehead atoms. The van der Waals surface area contributed by atoms with Gasteiger partial charge in [-0.05, 0) is 31.0 Å². The molecule has 27 heavy (non-hydrogen) atoms. The molecule has 1 saturated heterocycles. The third-order valence-electron chi connectivity index (χ3n) is 5.10. The molecule has 8 heteroatoms. The highest BCUT2D eigenvalue weighted by molar-refractivity contribution is 5.97. The molecule has 2 aromatic rings. The van der Waals surface area contributed by atoms with Gasteiger partial charge in [0, 0.05) is 25.8 Å². The zero-order valence-electron chi connectivity index (χ0n) is 15.1. The van der Waals surface area contributed by atoms with Crippen LogP contribution in [0.3, 0.4) is 0 Å². The Morgan fingerprint density at radius 1 is 1.11 bits per heavy atom. The first-order valence-electron chi connectivity index (χ1n) is 9.03. The van der Waals surface area contributed by atoms with Crippen molar-refractivity contribution in [1.82, 2.24) is 9.97 Å². The smallest absolute Gasteiger partial charge is 0.246 e. The van der Waals surface area contributed by atoms with Crippen molar-refractivity contribution in [2.24, 2.45) is 0 Å². The predicted molar refractivity (Wildman–Crippen MR) is 99.2 cm³/mol. The Hall–Kier alpha value is -2.77. The molecule has 4 rings (SSSR count). The van der Waals surface area contributed by atoms with Crippen molar-refractivity contribution in [3.05, 3.63) is 42.0 Å². The molecule has 0 spiro atoms. The summed E-state index contributed by atoms with van der Waals surface area (Å²) in [6, 6.07) is 5.99. The molecule has 0 atom stereocenters. The average molecular weight is 373 g/mol. The van der Waals surface area contributed by atoms with Gasteiger partial charge in [-0.15, -0.1) is 0 Å². The minimum Gasteiger partial charge on any atom is -0.356 e. The van der Waals surface area contributed by atoms with E-state index in [2.05, 4.69) is 9.97 Å². The molecule has 0 radical (unpaired) electrons. The maximum absolute atomic E-state index is 13.7. The number of piperidine rings is 1. The molecule has 0 unspecified atom stereocenters. The van der Waals surface area contributed by atoms with Gasteiger partial charge in [0.1, 0.15) is 30.0 Å². The normalized spacial score (nSPS) is 18.5. The number of rotatable bonds is 2. The fourth-order valence-corrected chi connectivity index (χ4v) is 3.69. The van der Waals surface area contributed by atoms with Crippen LogP contribution in [0.5, 0.6) is 0 Å². The Bertz CT molecular complexity index is 854. The van der Waals surface area contributed by atoms with Gasteiger partial charge in [0.25, 0.3) is 0 Å². The van der Waals surface area contributed by atoms with E-state index in [9.17, 15) is 13.6 Å². The zero-order valence-corrected chi connectivity index (χ0v) is 15.1. The topological polar surface area (TPSA) is 52.6 Å². The first-order chi connectivity index (χ1) is 13.0. The summed E-state index contributed by atoms with van der Waals surface area (Å²) in [5, 5.41) is 0. The molecule has 3 heterocycles. The lowest BCUT2D eigenvalue weighted by Gasteiger charge is -2.32. The fourth-order valence-electron chi connectivity index (χ4n) is 3.69. The van der Waals surface area contributed by atoms with Crippen LogP contribution in [-0.4, -0.2) is 48.7 Å². The van der Waals surface area contributed by atoms with Crippen LogP contribution in [-0.2, 0) is 11.3 Å². The molecule has 1 fully saturated rings. The van der Waals surface area contributed by atoms with Crippen LogP contribution in [0.2, 0.25) is 0 Å². The van der Waals surface area contributed by atoms with Crippen LogP contribution in [0.4, 0.5) is 26.1 Å². The molecular formula is C19H21F2N5O. The quantitative estimate of drug-likeness (QED) is 0.810. The Balaban J connectivity index is 1.74. The number of halogens is 2. The van der Waals surface area contributed by atoms with Crippen molar-refractivity contribution >= 4 is 23.2 Å². The monoisotopic (exact) mass is 373 g/mol. The lowest BCUT2D eigenvalue weighted by atomic mass is 10.1. The number of amides is 1. The summed E-state index contributed by atoms with van der Waals surface area (Å²) < 4.78 is 27.3. The highest BCUT2D eigenvalue weighted by Gasteiger charge is 2.30. The first kappa shape index (κ1) is 17.6. The Morgan fingerprint density at radius 2 is 1.85 bits per heavy atom. The molecule has 1 aromatic carbocycles. The fraction of sp³-hybridized carbons (Fsp3) is 0.421. The Kier molecular flexibility index (Phi) is 4.63.